The number of hydrogen-bond acceptors (Lipinski definition) is 6. The molecule has 0 aromatic heterocycles. The van der Waals surface area contributed by atoms with Gasteiger partial charge in [0.25, 0.3) is 5.91 Å². The highest BCUT2D eigenvalue weighted by molar-refractivity contribution is 6.01. The molecule has 0 saturated carbocycles. The Bertz CT molecular complexity index is 1030. The molecule has 0 radical (unpaired) electrons. The number of amides is 1. The first-order valence-electron chi connectivity index (χ1n) is 10.0. The summed E-state index contributed by atoms with van der Waals surface area (Å²) >= 11 is 0. The van der Waals surface area contributed by atoms with Gasteiger partial charge in [-0.15, -0.1) is 0 Å². The van der Waals surface area contributed by atoms with Crippen LogP contribution in [-0.2, 0) is 14.3 Å². The molecule has 0 saturated heterocycles. The van der Waals surface area contributed by atoms with Gasteiger partial charge in [0, 0.05) is 11.8 Å². The van der Waals surface area contributed by atoms with E-state index in [2.05, 4.69) is 19.2 Å². The molecule has 0 bridgehead atoms. The van der Waals surface area contributed by atoms with Crippen molar-refractivity contribution >= 4 is 23.6 Å². The van der Waals surface area contributed by atoms with Crippen molar-refractivity contribution in [3.05, 3.63) is 59.2 Å². The summed E-state index contributed by atoms with van der Waals surface area (Å²) in [6, 6.07) is 14.4. The zero-order valence-corrected chi connectivity index (χ0v) is 17.7. The molecule has 160 valence electrons. The fourth-order valence-electron chi connectivity index (χ4n) is 2.92. The van der Waals surface area contributed by atoms with Crippen molar-refractivity contribution in [2.75, 3.05) is 18.5 Å². The average molecular weight is 420 g/mol. The number of carbonyl (C=O) groups is 2. The molecule has 0 fully saturated rings. The van der Waals surface area contributed by atoms with Crippen LogP contribution in [0.25, 0.3) is 6.08 Å². The Morgan fingerprint density at radius 2 is 1.74 bits per heavy atom. The Morgan fingerprint density at radius 3 is 2.39 bits per heavy atom. The Labute approximate surface area is 181 Å². The van der Waals surface area contributed by atoms with Crippen LogP contribution in [0.15, 0.2) is 48.0 Å². The van der Waals surface area contributed by atoms with E-state index in [1.165, 1.54) is 13.0 Å². The summed E-state index contributed by atoms with van der Waals surface area (Å²) in [6.07, 6.45) is 0.346. The van der Waals surface area contributed by atoms with Crippen molar-refractivity contribution in [2.45, 2.75) is 32.8 Å². The number of nitriles is 1. The molecule has 7 nitrogen and oxygen atoms in total. The zero-order chi connectivity index (χ0) is 22.4. The van der Waals surface area contributed by atoms with Gasteiger partial charge in [-0.25, -0.2) is 4.79 Å². The second-order valence-corrected chi connectivity index (χ2v) is 7.39. The molecule has 1 aliphatic rings. The summed E-state index contributed by atoms with van der Waals surface area (Å²) in [5.74, 6) is 0.136. The monoisotopic (exact) mass is 420 g/mol. The Kier molecular flexibility index (Phi) is 6.93. The quantitative estimate of drug-likeness (QED) is 0.430. The molecule has 2 aromatic rings. The second-order valence-electron chi connectivity index (χ2n) is 7.39. The van der Waals surface area contributed by atoms with Gasteiger partial charge in [-0.1, -0.05) is 38.1 Å². The van der Waals surface area contributed by atoms with Crippen molar-refractivity contribution < 1.29 is 23.8 Å². The number of esters is 1. The number of rotatable bonds is 6. The SMILES string of the molecule is CC(C)c1ccc(/C=C(\C#N)C(=O)O[C@H](C)C(=O)Nc2ccc3c(c2)OCCO3)cc1. The van der Waals surface area contributed by atoms with Crippen LogP contribution in [0.5, 0.6) is 11.5 Å². The van der Waals surface area contributed by atoms with E-state index >= 15 is 0 Å². The third-order valence-electron chi connectivity index (χ3n) is 4.72. The Balaban J connectivity index is 1.62. The minimum absolute atomic E-state index is 0.184. The van der Waals surface area contributed by atoms with E-state index in [9.17, 15) is 14.9 Å². The third kappa shape index (κ3) is 5.64. The molecule has 2 aromatic carbocycles. The van der Waals surface area contributed by atoms with Gasteiger partial charge in [-0.3, -0.25) is 4.79 Å². The van der Waals surface area contributed by atoms with Gasteiger partial charge >= 0.3 is 5.97 Å². The molecular weight excluding hydrogens is 396 g/mol. The molecule has 1 amide bonds. The van der Waals surface area contributed by atoms with E-state index in [0.717, 1.165) is 5.56 Å². The predicted octanol–water partition coefficient (Wildman–Crippen LogP) is 4.06. The van der Waals surface area contributed by atoms with Gasteiger partial charge in [0.2, 0.25) is 0 Å². The highest BCUT2D eigenvalue weighted by Crippen LogP contribution is 2.32. The smallest absolute Gasteiger partial charge is 0.349 e. The molecule has 7 heteroatoms. The highest BCUT2D eigenvalue weighted by Gasteiger charge is 2.21. The molecule has 1 aliphatic heterocycles. The Hall–Kier alpha value is -3.79. The second kappa shape index (κ2) is 9.81. The van der Waals surface area contributed by atoms with E-state index in [1.54, 1.807) is 18.2 Å². The highest BCUT2D eigenvalue weighted by atomic mass is 16.6. The number of benzene rings is 2. The fraction of sp³-hybridized carbons (Fsp3) is 0.292. The van der Waals surface area contributed by atoms with Crippen LogP contribution < -0.4 is 14.8 Å². The van der Waals surface area contributed by atoms with Gasteiger partial charge in [-0.2, -0.15) is 5.26 Å². The molecule has 1 atom stereocenters. The topological polar surface area (TPSA) is 97.7 Å². The van der Waals surface area contributed by atoms with Crippen molar-refractivity contribution in [1.82, 2.24) is 0 Å². The number of ether oxygens (including phenoxy) is 3. The normalized spacial score (nSPS) is 13.8. The molecule has 0 aliphatic carbocycles. The van der Waals surface area contributed by atoms with E-state index in [0.29, 0.717) is 41.9 Å². The average Bonchev–Trinajstić information content (AvgIpc) is 2.77. The molecular formula is C24H24N2O5. The number of hydrogen-bond donors (Lipinski definition) is 1. The van der Waals surface area contributed by atoms with Crippen LogP contribution in [0.2, 0.25) is 0 Å². The molecule has 0 unspecified atom stereocenters. The molecule has 31 heavy (non-hydrogen) atoms. The summed E-state index contributed by atoms with van der Waals surface area (Å²) < 4.78 is 16.1. The molecule has 3 rings (SSSR count). The number of nitrogens with zero attached hydrogens (tertiary/aromatic N) is 1. The van der Waals surface area contributed by atoms with Crippen LogP contribution in [0.1, 0.15) is 37.8 Å². The first kappa shape index (κ1) is 21.9. The lowest BCUT2D eigenvalue weighted by atomic mass is 10.0. The molecule has 0 spiro atoms. The van der Waals surface area contributed by atoms with Gasteiger partial charge in [-0.05, 0) is 42.2 Å². The first-order chi connectivity index (χ1) is 14.9. The van der Waals surface area contributed by atoms with E-state index in [-0.39, 0.29) is 5.57 Å². The third-order valence-corrected chi connectivity index (χ3v) is 4.72. The number of anilines is 1. The van der Waals surface area contributed by atoms with Gasteiger partial charge in [0.1, 0.15) is 24.9 Å². The van der Waals surface area contributed by atoms with E-state index < -0.39 is 18.0 Å². The largest absolute Gasteiger partial charge is 0.486 e. The maximum Gasteiger partial charge on any atom is 0.349 e. The van der Waals surface area contributed by atoms with E-state index in [4.69, 9.17) is 14.2 Å². The maximum atomic E-state index is 12.4. The summed E-state index contributed by atoms with van der Waals surface area (Å²) in [5, 5.41) is 12.0. The Morgan fingerprint density at radius 1 is 1.06 bits per heavy atom. The van der Waals surface area contributed by atoms with Gasteiger partial charge < -0.3 is 19.5 Å². The van der Waals surface area contributed by atoms with Crippen LogP contribution in [0, 0.1) is 11.3 Å². The first-order valence-corrected chi connectivity index (χ1v) is 10.0. The van der Waals surface area contributed by atoms with Crippen molar-refractivity contribution in [2.24, 2.45) is 0 Å². The van der Waals surface area contributed by atoms with Crippen LogP contribution in [0.4, 0.5) is 5.69 Å². The van der Waals surface area contributed by atoms with Crippen LogP contribution >= 0.6 is 0 Å². The minimum Gasteiger partial charge on any atom is -0.486 e. The summed E-state index contributed by atoms with van der Waals surface area (Å²) in [5.41, 5.74) is 2.16. The number of nitrogens with one attached hydrogen (secondary N) is 1. The van der Waals surface area contributed by atoms with Crippen LogP contribution in [0.3, 0.4) is 0 Å². The van der Waals surface area contributed by atoms with E-state index in [1.807, 2.05) is 30.3 Å². The molecule has 1 heterocycles. The lowest BCUT2D eigenvalue weighted by molar-refractivity contribution is -0.148. The standard InChI is InChI=1S/C24H24N2O5/c1-15(2)18-6-4-17(5-7-18)12-19(14-25)24(28)31-16(3)23(27)26-20-8-9-21-22(13-20)30-11-10-29-21/h4-9,12-13,15-16H,10-11H2,1-3H3,(H,26,27)/b19-12+/t16-/m1/s1. The minimum atomic E-state index is -1.10. The van der Waals surface area contributed by atoms with Crippen molar-refractivity contribution in [3.8, 4) is 17.6 Å². The number of carbonyl (C=O) groups excluding carboxylic acids is 2. The van der Waals surface area contributed by atoms with Crippen molar-refractivity contribution in [3.63, 3.8) is 0 Å². The number of fused-ring (bicyclic) bond motifs is 1. The van der Waals surface area contributed by atoms with Crippen LogP contribution in [-0.4, -0.2) is 31.2 Å². The molecule has 1 N–H and O–H groups in total. The summed E-state index contributed by atoms with van der Waals surface area (Å²) in [6.45, 7) is 6.52. The fourth-order valence-corrected chi connectivity index (χ4v) is 2.92. The van der Waals surface area contributed by atoms with Gasteiger partial charge in [0.05, 0.1) is 0 Å². The van der Waals surface area contributed by atoms with Crippen molar-refractivity contribution in [1.29, 1.82) is 5.26 Å². The summed E-state index contributed by atoms with van der Waals surface area (Å²) in [7, 11) is 0. The lowest BCUT2D eigenvalue weighted by Gasteiger charge is -2.19. The summed E-state index contributed by atoms with van der Waals surface area (Å²) in [4.78, 5) is 24.8. The lowest BCUT2D eigenvalue weighted by Crippen LogP contribution is -2.30. The predicted molar refractivity (Wildman–Crippen MR) is 116 cm³/mol. The zero-order valence-electron chi connectivity index (χ0n) is 17.7. The van der Waals surface area contributed by atoms with Gasteiger partial charge in [0.15, 0.2) is 17.6 Å². The maximum absolute atomic E-state index is 12.4.